The molecule has 8 heavy (non-hydrogen) atoms. The lowest BCUT2D eigenvalue weighted by molar-refractivity contribution is -0.114. The zero-order chi connectivity index (χ0) is 6.57. The molecule has 0 saturated carbocycles. The first-order valence-corrected chi connectivity index (χ1v) is 2.26. The van der Waals surface area contributed by atoms with Gasteiger partial charge in [-0.2, -0.15) is 0 Å². The van der Waals surface area contributed by atoms with E-state index in [1.807, 2.05) is 0 Å². The molecule has 0 aromatic heterocycles. The third-order valence-electron chi connectivity index (χ3n) is 0.774. The molecule has 0 aliphatic carbocycles. The van der Waals surface area contributed by atoms with Crippen molar-refractivity contribution in [2.75, 3.05) is 0 Å². The number of primary amides is 1. The smallest absolute Gasteiger partial charge is 0.255 e. The van der Waals surface area contributed by atoms with Crippen molar-refractivity contribution in [3.05, 3.63) is 5.57 Å². The lowest BCUT2D eigenvalue weighted by Gasteiger charge is -1.86. The summed E-state index contributed by atoms with van der Waals surface area (Å²) < 4.78 is 0. The van der Waals surface area contributed by atoms with Crippen molar-refractivity contribution in [1.82, 2.24) is 0 Å². The number of hydrogen-bond donors (Lipinski definition) is 1. The summed E-state index contributed by atoms with van der Waals surface area (Å²) in [6.45, 7) is 1.67. The number of nitrogens with two attached hydrogens (primary N) is 1. The van der Waals surface area contributed by atoms with Crippen molar-refractivity contribution in [2.45, 2.75) is 13.3 Å². The molecule has 0 bridgehead atoms. The Balaban J connectivity index is 4.14. The first kappa shape index (κ1) is 6.92. The predicted molar refractivity (Wildman–Crippen MR) is 28.7 cm³/mol. The Morgan fingerprint density at radius 3 is 2.25 bits per heavy atom. The molecule has 3 nitrogen and oxygen atoms in total. The second-order valence-electron chi connectivity index (χ2n) is 1.30. The van der Waals surface area contributed by atoms with Gasteiger partial charge in [-0.25, -0.2) is 4.79 Å². The fraction of sp³-hybridized carbons (Fsp3) is 0.400. The van der Waals surface area contributed by atoms with Gasteiger partial charge in [-0.05, 0) is 6.42 Å². The van der Waals surface area contributed by atoms with Crippen molar-refractivity contribution in [1.29, 1.82) is 0 Å². The lowest BCUT2D eigenvalue weighted by Crippen LogP contribution is -2.13. The molecule has 1 amide bonds. The minimum Gasteiger partial charge on any atom is -0.365 e. The molecule has 0 aromatic carbocycles. The highest BCUT2D eigenvalue weighted by Gasteiger charge is 1.99. The molecule has 0 heterocycles. The fourth-order valence-corrected chi connectivity index (χ4v) is 0.297. The molecule has 0 aromatic rings. The maximum Gasteiger partial charge on any atom is 0.255 e. The Bertz CT molecular complexity index is 145. The van der Waals surface area contributed by atoms with Crippen LogP contribution in [0.15, 0.2) is 5.57 Å². The molecule has 0 rings (SSSR count). The quantitative estimate of drug-likeness (QED) is 0.392. The molecule has 0 aliphatic heterocycles. The molecule has 0 atom stereocenters. The van der Waals surface area contributed by atoms with Crippen LogP contribution < -0.4 is 5.73 Å². The van der Waals surface area contributed by atoms with Crippen LogP contribution in [-0.2, 0) is 9.59 Å². The summed E-state index contributed by atoms with van der Waals surface area (Å²) in [5.41, 5.74) is 4.74. The molecule has 0 saturated heterocycles. The average Bonchev–Trinajstić information content (AvgIpc) is 1.69. The van der Waals surface area contributed by atoms with Crippen molar-refractivity contribution in [3.63, 3.8) is 0 Å². The van der Waals surface area contributed by atoms with Crippen molar-refractivity contribution >= 4 is 11.8 Å². The van der Waals surface area contributed by atoms with E-state index in [2.05, 4.69) is 0 Å². The van der Waals surface area contributed by atoms with Gasteiger partial charge in [-0.3, -0.25) is 4.79 Å². The van der Waals surface area contributed by atoms with Gasteiger partial charge in [-0.1, -0.05) is 6.92 Å². The SMILES string of the molecule is CCC(=C=O)C(N)=O. The third-order valence-corrected chi connectivity index (χ3v) is 0.774. The highest BCUT2D eigenvalue weighted by Crippen LogP contribution is 1.90. The van der Waals surface area contributed by atoms with E-state index in [4.69, 9.17) is 5.73 Å². The molecule has 0 radical (unpaired) electrons. The second kappa shape index (κ2) is 2.99. The summed E-state index contributed by atoms with van der Waals surface area (Å²) in [5.74, 6) is 0.765. The molecule has 3 heteroatoms. The maximum absolute atomic E-state index is 10.1. The molecule has 0 unspecified atom stereocenters. The maximum atomic E-state index is 10.1. The molecule has 0 aliphatic rings. The Morgan fingerprint density at radius 1 is 1.75 bits per heavy atom. The molecular formula is C5H7NO2. The van der Waals surface area contributed by atoms with E-state index >= 15 is 0 Å². The van der Waals surface area contributed by atoms with Gasteiger partial charge >= 0.3 is 0 Å². The number of amides is 1. The largest absolute Gasteiger partial charge is 0.365 e. The first-order valence-electron chi connectivity index (χ1n) is 2.26. The normalized spacial score (nSPS) is 7.62. The Labute approximate surface area is 47.2 Å². The van der Waals surface area contributed by atoms with Crippen LogP contribution in [0.25, 0.3) is 0 Å². The first-order chi connectivity index (χ1) is 3.72. The highest BCUT2D eigenvalue weighted by molar-refractivity contribution is 5.99. The minimum absolute atomic E-state index is 0.0185. The summed E-state index contributed by atoms with van der Waals surface area (Å²) >= 11 is 0. The van der Waals surface area contributed by atoms with Gasteiger partial charge in [0.1, 0.15) is 11.5 Å². The Kier molecular flexibility index (Phi) is 2.59. The van der Waals surface area contributed by atoms with Crippen LogP contribution in [-0.4, -0.2) is 11.8 Å². The van der Waals surface area contributed by atoms with E-state index in [1.54, 1.807) is 6.92 Å². The second-order valence-corrected chi connectivity index (χ2v) is 1.30. The van der Waals surface area contributed by atoms with Crippen molar-refractivity contribution in [3.8, 4) is 0 Å². The topological polar surface area (TPSA) is 60.2 Å². The lowest BCUT2D eigenvalue weighted by atomic mass is 10.2. The molecule has 0 fully saturated rings. The summed E-state index contributed by atoms with van der Waals surface area (Å²) in [4.78, 5) is 19.8. The van der Waals surface area contributed by atoms with Crippen LogP contribution in [0.1, 0.15) is 13.3 Å². The predicted octanol–water partition coefficient (Wildman–Crippen LogP) is -0.360. The van der Waals surface area contributed by atoms with E-state index in [9.17, 15) is 9.59 Å². The number of rotatable bonds is 2. The zero-order valence-electron chi connectivity index (χ0n) is 4.60. The van der Waals surface area contributed by atoms with Crippen LogP contribution in [0.2, 0.25) is 0 Å². The summed E-state index contributed by atoms with van der Waals surface area (Å²) in [7, 11) is 0. The Morgan fingerprint density at radius 2 is 2.25 bits per heavy atom. The van der Waals surface area contributed by atoms with Gasteiger partial charge in [0.25, 0.3) is 5.91 Å². The van der Waals surface area contributed by atoms with Gasteiger partial charge in [0, 0.05) is 0 Å². The minimum atomic E-state index is -0.678. The van der Waals surface area contributed by atoms with Crippen LogP contribution >= 0.6 is 0 Å². The number of carbonyl (C=O) groups is 1. The molecule has 0 spiro atoms. The third kappa shape index (κ3) is 1.58. The van der Waals surface area contributed by atoms with E-state index in [0.717, 1.165) is 0 Å². The van der Waals surface area contributed by atoms with Gasteiger partial charge in [0.2, 0.25) is 0 Å². The monoisotopic (exact) mass is 113 g/mol. The van der Waals surface area contributed by atoms with Gasteiger partial charge < -0.3 is 5.73 Å². The highest BCUT2D eigenvalue weighted by atomic mass is 16.1. The number of hydrogen-bond acceptors (Lipinski definition) is 2. The number of carbonyl (C=O) groups excluding carboxylic acids is 2. The van der Waals surface area contributed by atoms with E-state index in [-0.39, 0.29) is 5.57 Å². The van der Waals surface area contributed by atoms with Crippen LogP contribution in [0, 0.1) is 0 Å². The summed E-state index contributed by atoms with van der Waals surface area (Å²) in [5, 5.41) is 0. The van der Waals surface area contributed by atoms with Gasteiger partial charge in [0.05, 0.1) is 0 Å². The standard InChI is InChI=1S/C5H7NO2/c1-2-4(3-7)5(6)8/h2H2,1H3,(H2,6,8). The summed E-state index contributed by atoms with van der Waals surface area (Å²) in [6, 6.07) is 0. The Hall–Kier alpha value is -1.08. The van der Waals surface area contributed by atoms with E-state index < -0.39 is 5.91 Å². The van der Waals surface area contributed by atoms with E-state index in [0.29, 0.717) is 6.42 Å². The molecule has 2 N–H and O–H groups in total. The van der Waals surface area contributed by atoms with Crippen LogP contribution in [0.3, 0.4) is 0 Å². The van der Waals surface area contributed by atoms with Crippen molar-refractivity contribution < 1.29 is 9.59 Å². The molecule has 44 valence electrons. The zero-order valence-corrected chi connectivity index (χ0v) is 4.60. The van der Waals surface area contributed by atoms with Gasteiger partial charge in [0.15, 0.2) is 0 Å². The van der Waals surface area contributed by atoms with Crippen LogP contribution in [0.4, 0.5) is 0 Å². The van der Waals surface area contributed by atoms with Crippen LogP contribution in [0.5, 0.6) is 0 Å². The average molecular weight is 113 g/mol. The molecular weight excluding hydrogens is 106 g/mol. The van der Waals surface area contributed by atoms with E-state index in [1.165, 1.54) is 5.94 Å². The summed E-state index contributed by atoms with van der Waals surface area (Å²) in [6.07, 6.45) is 0.360. The van der Waals surface area contributed by atoms with Gasteiger partial charge in [-0.15, -0.1) is 0 Å². The fourth-order valence-electron chi connectivity index (χ4n) is 0.297. The van der Waals surface area contributed by atoms with Crippen molar-refractivity contribution in [2.24, 2.45) is 5.73 Å².